The Hall–Kier alpha value is -4.06. The lowest BCUT2D eigenvalue weighted by Crippen LogP contribution is -2.48. The molecule has 42 heavy (non-hydrogen) atoms. The number of benzene rings is 3. The van der Waals surface area contributed by atoms with Crippen molar-refractivity contribution in [1.82, 2.24) is 20.8 Å². The number of nitrogens with one attached hydrogen (secondary N) is 3. The maximum absolute atomic E-state index is 13.8. The lowest BCUT2D eigenvalue weighted by molar-refractivity contribution is -0.125. The Morgan fingerprint density at radius 2 is 1.60 bits per heavy atom. The average molecular weight is 594 g/mol. The summed E-state index contributed by atoms with van der Waals surface area (Å²) in [7, 11) is 0. The van der Waals surface area contributed by atoms with Crippen molar-refractivity contribution >= 4 is 28.3 Å². The van der Waals surface area contributed by atoms with Crippen LogP contribution >= 0.6 is 11.3 Å². The van der Waals surface area contributed by atoms with Gasteiger partial charge in [0.1, 0.15) is 16.6 Å². The number of aliphatic hydroxyl groups excluding tert-OH is 1. The van der Waals surface area contributed by atoms with Crippen LogP contribution in [0.4, 0.5) is 13.9 Å². The van der Waals surface area contributed by atoms with Gasteiger partial charge in [0, 0.05) is 37.6 Å². The zero-order chi connectivity index (χ0) is 29.9. The van der Waals surface area contributed by atoms with E-state index in [1.807, 2.05) is 48.5 Å². The molecule has 0 bridgehead atoms. The summed E-state index contributed by atoms with van der Waals surface area (Å²) in [6.07, 6.45) is -0.457. The molecule has 1 heterocycles. The minimum absolute atomic E-state index is 0.00612. The van der Waals surface area contributed by atoms with Gasteiger partial charge < -0.3 is 21.1 Å². The highest BCUT2D eigenvalue weighted by Crippen LogP contribution is 2.26. The van der Waals surface area contributed by atoms with Gasteiger partial charge in [0.05, 0.1) is 12.1 Å². The van der Waals surface area contributed by atoms with Crippen LogP contribution in [0.5, 0.6) is 0 Å². The number of aliphatic hydroxyl groups is 1. The zero-order valence-corrected chi connectivity index (χ0v) is 24.0. The van der Waals surface area contributed by atoms with E-state index in [9.17, 15) is 23.5 Å². The molecule has 0 aliphatic carbocycles. The molecule has 0 radical (unpaired) electrons. The number of hydrogen-bond donors (Lipinski definition) is 4. The molecule has 4 aromatic rings. The highest BCUT2D eigenvalue weighted by atomic mass is 32.1. The van der Waals surface area contributed by atoms with Gasteiger partial charge in [0.2, 0.25) is 16.9 Å². The van der Waals surface area contributed by atoms with Crippen LogP contribution in [-0.4, -0.2) is 45.8 Å². The standard InChI is InChI=1S/C31H33F2N5O3S/c1-2-20-7-6-8-21(13-20)18-34-19-27(39)26(16-22-14-24(32)17-25(33)15-22)35-28(40)11-12-29(41)36-31-38-37-30(42-31)23-9-4-3-5-10-23/h3-10,13-15,17,26-27,34,39H,2,11-12,16,18-19H2,1H3,(H,35,40)(H,36,38,41). The Morgan fingerprint density at radius 3 is 2.33 bits per heavy atom. The molecule has 1 aromatic heterocycles. The van der Waals surface area contributed by atoms with Gasteiger partial charge in [-0.05, 0) is 41.7 Å². The van der Waals surface area contributed by atoms with Gasteiger partial charge in [-0.3, -0.25) is 9.59 Å². The van der Waals surface area contributed by atoms with Gasteiger partial charge in [0.15, 0.2) is 0 Å². The third-order valence-corrected chi connectivity index (χ3v) is 7.43. The summed E-state index contributed by atoms with van der Waals surface area (Å²) >= 11 is 1.22. The molecule has 0 saturated carbocycles. The highest BCUT2D eigenvalue weighted by Gasteiger charge is 2.23. The predicted molar refractivity (Wildman–Crippen MR) is 159 cm³/mol. The number of aromatic nitrogens is 2. The molecule has 3 aromatic carbocycles. The Labute approximate surface area is 247 Å². The van der Waals surface area contributed by atoms with E-state index in [4.69, 9.17) is 0 Å². The molecule has 0 saturated heterocycles. The van der Waals surface area contributed by atoms with Crippen molar-refractivity contribution in [3.05, 3.63) is 101 Å². The van der Waals surface area contributed by atoms with Crippen LogP contribution < -0.4 is 16.0 Å². The molecule has 2 unspecified atom stereocenters. The molecule has 0 aliphatic heterocycles. The van der Waals surface area contributed by atoms with Crippen LogP contribution in [0.25, 0.3) is 10.6 Å². The Morgan fingerprint density at radius 1 is 0.881 bits per heavy atom. The van der Waals surface area contributed by atoms with Gasteiger partial charge in [-0.2, -0.15) is 0 Å². The van der Waals surface area contributed by atoms with Crippen molar-refractivity contribution in [3.63, 3.8) is 0 Å². The minimum Gasteiger partial charge on any atom is -0.390 e. The van der Waals surface area contributed by atoms with Crippen LogP contribution in [0.15, 0.2) is 72.8 Å². The molecule has 4 rings (SSSR count). The second-order valence-electron chi connectivity index (χ2n) is 9.85. The van der Waals surface area contributed by atoms with Crippen molar-refractivity contribution in [2.45, 2.75) is 51.3 Å². The van der Waals surface area contributed by atoms with Crippen LogP contribution in [0.3, 0.4) is 0 Å². The lowest BCUT2D eigenvalue weighted by atomic mass is 10.00. The molecule has 8 nitrogen and oxygen atoms in total. The molecule has 0 aliphatic rings. The number of rotatable bonds is 14. The van der Waals surface area contributed by atoms with E-state index < -0.39 is 35.6 Å². The quantitative estimate of drug-likeness (QED) is 0.169. The Balaban J connectivity index is 1.32. The molecular weight excluding hydrogens is 560 g/mol. The van der Waals surface area contributed by atoms with Gasteiger partial charge >= 0.3 is 0 Å². The van der Waals surface area contributed by atoms with E-state index >= 15 is 0 Å². The zero-order valence-electron chi connectivity index (χ0n) is 23.1. The smallest absolute Gasteiger partial charge is 0.226 e. The normalized spacial score (nSPS) is 12.5. The van der Waals surface area contributed by atoms with Crippen molar-refractivity contribution in [2.24, 2.45) is 0 Å². The van der Waals surface area contributed by atoms with E-state index in [1.165, 1.54) is 16.9 Å². The summed E-state index contributed by atoms with van der Waals surface area (Å²) in [4.78, 5) is 25.3. The SMILES string of the molecule is CCc1cccc(CNCC(O)C(Cc2cc(F)cc(F)c2)NC(=O)CCC(=O)Nc2nnc(-c3ccccc3)s2)c1. The fourth-order valence-electron chi connectivity index (χ4n) is 4.39. The maximum atomic E-state index is 13.8. The average Bonchev–Trinajstić information content (AvgIpc) is 3.44. The van der Waals surface area contributed by atoms with Crippen molar-refractivity contribution in [2.75, 3.05) is 11.9 Å². The van der Waals surface area contributed by atoms with Crippen molar-refractivity contribution in [3.8, 4) is 10.6 Å². The van der Waals surface area contributed by atoms with Gasteiger partial charge in [-0.15, -0.1) is 10.2 Å². The number of nitrogens with zero attached hydrogens (tertiary/aromatic N) is 2. The number of carbonyl (C=O) groups is 2. The monoisotopic (exact) mass is 593 g/mol. The van der Waals surface area contributed by atoms with Gasteiger partial charge in [-0.25, -0.2) is 8.78 Å². The van der Waals surface area contributed by atoms with Crippen LogP contribution in [0.2, 0.25) is 0 Å². The predicted octanol–water partition coefficient (Wildman–Crippen LogP) is 4.64. The molecule has 2 atom stereocenters. The highest BCUT2D eigenvalue weighted by molar-refractivity contribution is 7.18. The third-order valence-electron chi connectivity index (χ3n) is 6.54. The summed E-state index contributed by atoms with van der Waals surface area (Å²) in [6, 6.07) is 19.7. The van der Waals surface area contributed by atoms with Gasteiger partial charge in [-0.1, -0.05) is 72.9 Å². The summed E-state index contributed by atoms with van der Waals surface area (Å²) in [5, 5.41) is 28.6. The summed E-state index contributed by atoms with van der Waals surface area (Å²) < 4.78 is 27.7. The van der Waals surface area contributed by atoms with E-state index in [-0.39, 0.29) is 31.4 Å². The van der Waals surface area contributed by atoms with Crippen LogP contribution in [0, 0.1) is 11.6 Å². The number of halogens is 2. The Kier molecular flexibility index (Phi) is 11.2. The largest absolute Gasteiger partial charge is 0.390 e. The molecule has 0 fully saturated rings. The van der Waals surface area contributed by atoms with E-state index in [0.717, 1.165) is 35.7 Å². The van der Waals surface area contributed by atoms with Gasteiger partial charge in [0.25, 0.3) is 0 Å². The first-order chi connectivity index (χ1) is 20.3. The summed E-state index contributed by atoms with van der Waals surface area (Å²) in [5.41, 5.74) is 3.41. The number of hydrogen-bond acceptors (Lipinski definition) is 7. The topological polar surface area (TPSA) is 116 Å². The minimum atomic E-state index is -1.07. The first-order valence-electron chi connectivity index (χ1n) is 13.7. The molecule has 220 valence electrons. The second-order valence-corrected chi connectivity index (χ2v) is 10.8. The lowest BCUT2D eigenvalue weighted by Gasteiger charge is -2.25. The second kappa shape index (κ2) is 15.2. The fraction of sp³-hybridized carbons (Fsp3) is 0.290. The van der Waals surface area contributed by atoms with Crippen molar-refractivity contribution < 1.29 is 23.5 Å². The Bertz CT molecular complexity index is 1460. The van der Waals surface area contributed by atoms with E-state index in [2.05, 4.69) is 39.1 Å². The number of anilines is 1. The summed E-state index contributed by atoms with van der Waals surface area (Å²) in [5.74, 6) is -2.39. The van der Waals surface area contributed by atoms with Crippen LogP contribution in [-0.2, 0) is 29.0 Å². The molecule has 11 heteroatoms. The van der Waals surface area contributed by atoms with Crippen LogP contribution in [0.1, 0.15) is 36.5 Å². The first-order valence-corrected chi connectivity index (χ1v) is 14.5. The first kappa shape index (κ1) is 30.9. The van der Waals surface area contributed by atoms with E-state index in [1.54, 1.807) is 0 Å². The molecule has 0 spiro atoms. The maximum Gasteiger partial charge on any atom is 0.226 e. The number of amides is 2. The molecule has 2 amide bonds. The summed E-state index contributed by atoms with van der Waals surface area (Å²) in [6.45, 7) is 2.69. The van der Waals surface area contributed by atoms with E-state index in [0.29, 0.717) is 16.7 Å². The molecular formula is C31H33F2N5O3S. The van der Waals surface area contributed by atoms with Crippen molar-refractivity contribution in [1.29, 1.82) is 0 Å². The number of carbonyl (C=O) groups excluding carboxylic acids is 2. The fourth-order valence-corrected chi connectivity index (χ4v) is 5.16. The molecule has 4 N–H and O–H groups in total. The third kappa shape index (κ3) is 9.51. The number of aryl methyl sites for hydroxylation is 1.